The quantitative estimate of drug-likeness (QED) is 0.729. The largest absolute Gasteiger partial charge is 0.481 e. The molecule has 1 amide bonds. The average Bonchev–Trinajstić information content (AvgIpc) is 3.50. The van der Waals surface area contributed by atoms with Gasteiger partial charge in [-0.25, -0.2) is 0 Å². The highest BCUT2D eigenvalue weighted by atomic mass is 16.4. The molecule has 2 saturated carbocycles. The van der Waals surface area contributed by atoms with Gasteiger partial charge in [-0.15, -0.1) is 0 Å². The maximum atomic E-state index is 13.4. The fourth-order valence-corrected chi connectivity index (χ4v) is 6.16. The first kappa shape index (κ1) is 19.7. The number of aromatic amines is 1. The predicted octanol–water partition coefficient (Wildman–Crippen LogP) is 5.03. The number of H-pyrrole nitrogens is 1. The van der Waals surface area contributed by atoms with Crippen LogP contribution >= 0.6 is 0 Å². The second-order valence-corrected chi connectivity index (χ2v) is 9.73. The van der Waals surface area contributed by atoms with Crippen LogP contribution < -0.4 is 0 Å². The van der Waals surface area contributed by atoms with Crippen LogP contribution in [-0.2, 0) is 9.59 Å². The Morgan fingerprint density at radius 3 is 2.77 bits per heavy atom. The maximum absolute atomic E-state index is 13.4. The number of benzene rings is 1. The van der Waals surface area contributed by atoms with E-state index in [0.717, 1.165) is 38.6 Å². The van der Waals surface area contributed by atoms with Gasteiger partial charge >= 0.3 is 5.97 Å². The normalized spacial score (nSPS) is 27.6. The van der Waals surface area contributed by atoms with Crippen molar-refractivity contribution < 1.29 is 14.7 Å². The smallest absolute Gasteiger partial charge is 0.306 e. The number of amides is 1. The molecule has 2 aliphatic carbocycles. The minimum absolute atomic E-state index is 0.110. The first-order valence-electron chi connectivity index (χ1n) is 11.7. The summed E-state index contributed by atoms with van der Waals surface area (Å²) in [6.45, 7) is 2.94. The van der Waals surface area contributed by atoms with Gasteiger partial charge in [-0.2, -0.15) is 0 Å². The van der Waals surface area contributed by atoms with Gasteiger partial charge in [0.15, 0.2) is 0 Å². The van der Waals surface area contributed by atoms with E-state index in [1.807, 2.05) is 4.90 Å². The summed E-state index contributed by atoms with van der Waals surface area (Å²) < 4.78 is 0. The van der Waals surface area contributed by atoms with E-state index in [2.05, 4.69) is 36.3 Å². The van der Waals surface area contributed by atoms with E-state index in [-0.39, 0.29) is 29.7 Å². The molecule has 1 aliphatic heterocycles. The van der Waals surface area contributed by atoms with Gasteiger partial charge in [0.05, 0.1) is 5.92 Å². The van der Waals surface area contributed by atoms with E-state index in [1.165, 1.54) is 34.9 Å². The molecule has 3 aliphatic rings. The van der Waals surface area contributed by atoms with Gasteiger partial charge in [-0.1, -0.05) is 25.5 Å². The molecule has 0 spiro atoms. The lowest BCUT2D eigenvalue weighted by atomic mass is 9.71. The van der Waals surface area contributed by atoms with Crippen molar-refractivity contribution >= 4 is 22.8 Å². The summed E-state index contributed by atoms with van der Waals surface area (Å²) >= 11 is 0. The van der Waals surface area contributed by atoms with Gasteiger partial charge in [-0.05, 0) is 73.5 Å². The number of rotatable bonds is 5. The number of carboxylic acids is 1. The molecule has 1 unspecified atom stereocenters. The van der Waals surface area contributed by atoms with Gasteiger partial charge in [0, 0.05) is 36.1 Å². The molecule has 1 saturated heterocycles. The van der Waals surface area contributed by atoms with Crippen LogP contribution in [0.25, 0.3) is 10.9 Å². The Kier molecular flexibility index (Phi) is 5.08. The zero-order chi connectivity index (χ0) is 20.8. The van der Waals surface area contributed by atoms with E-state index in [1.54, 1.807) is 0 Å². The minimum Gasteiger partial charge on any atom is -0.481 e. The predicted molar refractivity (Wildman–Crippen MR) is 117 cm³/mol. The first-order chi connectivity index (χ1) is 14.5. The molecule has 30 heavy (non-hydrogen) atoms. The number of nitrogens with one attached hydrogen (secondary N) is 1. The van der Waals surface area contributed by atoms with Crippen LogP contribution in [0.1, 0.15) is 81.3 Å². The molecule has 5 rings (SSSR count). The van der Waals surface area contributed by atoms with E-state index >= 15 is 0 Å². The summed E-state index contributed by atoms with van der Waals surface area (Å²) in [7, 11) is 0. The number of piperidine rings is 1. The number of hydrogen-bond donors (Lipinski definition) is 2. The molecule has 5 nitrogen and oxygen atoms in total. The monoisotopic (exact) mass is 408 g/mol. The zero-order valence-electron chi connectivity index (χ0n) is 17.8. The molecule has 160 valence electrons. The number of likely N-dealkylation sites (tertiary alicyclic amines) is 1. The van der Waals surface area contributed by atoms with Crippen molar-refractivity contribution in [2.75, 3.05) is 6.54 Å². The van der Waals surface area contributed by atoms with Crippen LogP contribution in [0.3, 0.4) is 0 Å². The number of fused-ring (bicyclic) bond motifs is 2. The molecule has 4 atom stereocenters. The van der Waals surface area contributed by atoms with Crippen LogP contribution in [0.4, 0.5) is 0 Å². The van der Waals surface area contributed by atoms with E-state index in [4.69, 9.17) is 0 Å². The third-order valence-electron chi connectivity index (χ3n) is 7.80. The van der Waals surface area contributed by atoms with Crippen molar-refractivity contribution in [3.8, 4) is 0 Å². The van der Waals surface area contributed by atoms with Gasteiger partial charge < -0.3 is 15.0 Å². The summed E-state index contributed by atoms with van der Waals surface area (Å²) in [6, 6.07) is 6.61. The summed E-state index contributed by atoms with van der Waals surface area (Å²) in [6.07, 6.45) is 9.59. The average molecular weight is 409 g/mol. The Bertz CT molecular complexity index is 960. The van der Waals surface area contributed by atoms with Crippen LogP contribution in [0, 0.1) is 11.8 Å². The van der Waals surface area contributed by atoms with Crippen molar-refractivity contribution in [3.05, 3.63) is 35.5 Å². The van der Waals surface area contributed by atoms with Crippen LogP contribution in [0.5, 0.6) is 0 Å². The minimum atomic E-state index is -0.682. The standard InChI is InChI=1S/C25H32N2O3/c1-15(20-14-26-21-8-2-5-17(24(20)21)16-10-11-16)13-23(28)27-12-4-7-18-19(25(29)30)6-3-9-22(18)27/h2,5,8,14-16,18-19,22,26H,3-4,6-7,9-13H2,1H3,(H,29,30)/t15?,18-,19+,22-/m0/s1. The molecule has 2 N–H and O–H groups in total. The Morgan fingerprint density at radius 2 is 2.00 bits per heavy atom. The molecule has 2 heterocycles. The molecule has 3 fully saturated rings. The highest BCUT2D eigenvalue weighted by Crippen LogP contribution is 2.45. The van der Waals surface area contributed by atoms with Gasteiger partial charge in [0.2, 0.25) is 5.91 Å². The van der Waals surface area contributed by atoms with E-state index in [9.17, 15) is 14.7 Å². The van der Waals surface area contributed by atoms with E-state index < -0.39 is 5.97 Å². The Hall–Kier alpha value is -2.30. The highest BCUT2D eigenvalue weighted by molar-refractivity contribution is 5.89. The van der Waals surface area contributed by atoms with Crippen molar-refractivity contribution in [1.29, 1.82) is 0 Å². The summed E-state index contributed by atoms with van der Waals surface area (Å²) in [4.78, 5) is 30.6. The number of aliphatic carboxylic acids is 1. The molecule has 1 aromatic heterocycles. The third-order valence-corrected chi connectivity index (χ3v) is 7.80. The topological polar surface area (TPSA) is 73.4 Å². The third kappa shape index (κ3) is 3.42. The molecule has 5 heteroatoms. The number of aromatic nitrogens is 1. The summed E-state index contributed by atoms with van der Waals surface area (Å²) in [5.41, 5.74) is 3.85. The van der Waals surface area contributed by atoms with E-state index in [0.29, 0.717) is 12.3 Å². The second kappa shape index (κ2) is 7.75. The lowest BCUT2D eigenvalue weighted by molar-refractivity contribution is -0.152. The summed E-state index contributed by atoms with van der Waals surface area (Å²) in [5.74, 6) is 0.167. The Morgan fingerprint density at radius 1 is 1.17 bits per heavy atom. The number of hydrogen-bond acceptors (Lipinski definition) is 2. The van der Waals surface area contributed by atoms with Crippen molar-refractivity contribution in [2.24, 2.45) is 11.8 Å². The van der Waals surface area contributed by atoms with Gasteiger partial charge in [0.1, 0.15) is 0 Å². The zero-order valence-corrected chi connectivity index (χ0v) is 17.8. The number of nitrogens with zero attached hydrogens (tertiary/aromatic N) is 1. The number of carboxylic acid groups (broad SMARTS) is 1. The molecular formula is C25H32N2O3. The van der Waals surface area contributed by atoms with Gasteiger partial charge in [-0.3, -0.25) is 9.59 Å². The first-order valence-corrected chi connectivity index (χ1v) is 11.7. The number of carbonyl (C=O) groups is 2. The van der Waals surface area contributed by atoms with Crippen LogP contribution in [0.2, 0.25) is 0 Å². The molecule has 2 aromatic rings. The van der Waals surface area contributed by atoms with Crippen LogP contribution in [-0.4, -0.2) is 39.5 Å². The lowest BCUT2D eigenvalue weighted by Gasteiger charge is -2.46. The maximum Gasteiger partial charge on any atom is 0.306 e. The Labute approximate surface area is 177 Å². The lowest BCUT2D eigenvalue weighted by Crippen LogP contribution is -2.53. The highest BCUT2D eigenvalue weighted by Gasteiger charge is 2.43. The van der Waals surface area contributed by atoms with Crippen LogP contribution in [0.15, 0.2) is 24.4 Å². The molecule has 1 aromatic carbocycles. The molecular weight excluding hydrogens is 376 g/mol. The fourth-order valence-electron chi connectivity index (χ4n) is 6.16. The van der Waals surface area contributed by atoms with Crippen molar-refractivity contribution in [3.63, 3.8) is 0 Å². The van der Waals surface area contributed by atoms with Gasteiger partial charge in [0.25, 0.3) is 0 Å². The molecule has 0 radical (unpaired) electrons. The SMILES string of the molecule is CC(CC(=O)N1CCC[C@H]2[C@H](C(=O)O)CCC[C@@H]21)c1c[nH]c2cccc(C3CC3)c12. The fraction of sp³-hybridized carbons (Fsp3) is 0.600. The molecule has 0 bridgehead atoms. The van der Waals surface area contributed by atoms with Crippen molar-refractivity contribution in [2.45, 2.75) is 76.2 Å². The Balaban J connectivity index is 1.35. The number of carbonyl (C=O) groups excluding carboxylic acids is 1. The summed E-state index contributed by atoms with van der Waals surface area (Å²) in [5, 5.41) is 11.0. The second-order valence-electron chi connectivity index (χ2n) is 9.73. The van der Waals surface area contributed by atoms with Crippen molar-refractivity contribution in [1.82, 2.24) is 9.88 Å².